The highest BCUT2D eigenvalue weighted by Gasteiger charge is 2.59. The van der Waals surface area contributed by atoms with Gasteiger partial charge in [-0.2, -0.15) is 0 Å². The van der Waals surface area contributed by atoms with E-state index in [0.717, 1.165) is 25.2 Å². The molecule has 1 amide bonds. The molecule has 3 nitrogen and oxygen atoms in total. The molecule has 5 aliphatic rings. The van der Waals surface area contributed by atoms with Gasteiger partial charge in [0.05, 0.1) is 5.69 Å². The van der Waals surface area contributed by atoms with Crippen molar-refractivity contribution in [3.05, 3.63) is 47.9 Å². The lowest BCUT2D eigenvalue weighted by molar-refractivity contribution is -0.137. The van der Waals surface area contributed by atoms with Crippen LogP contribution in [0.4, 0.5) is 0 Å². The van der Waals surface area contributed by atoms with Gasteiger partial charge in [-0.05, 0) is 85.8 Å². The lowest BCUT2D eigenvalue weighted by atomic mass is 9.49. The standard InChI is InChI=1S/C26H32N2O/c1-25-14-12-20-18(19(25)9-10-21(25)22-5-3-4-16-27-22)8-11-23-26(20,2)15-13-24(29)28(23)17-6-7-17/h3-5,10-11,16-20H,6-9,12-15H2,1-2H3/t18-,19-,20-,25-,26+/m0/s1. The fraction of sp³-hybridized carbons (Fsp3) is 0.615. The van der Waals surface area contributed by atoms with Gasteiger partial charge in [-0.3, -0.25) is 9.78 Å². The molecule has 3 heteroatoms. The van der Waals surface area contributed by atoms with E-state index in [-0.39, 0.29) is 10.8 Å². The molecule has 5 atom stereocenters. The van der Waals surface area contributed by atoms with Crippen LogP contribution < -0.4 is 0 Å². The topological polar surface area (TPSA) is 33.2 Å². The summed E-state index contributed by atoms with van der Waals surface area (Å²) in [6.07, 6.45) is 16.0. The van der Waals surface area contributed by atoms with Crippen LogP contribution >= 0.6 is 0 Å². The molecule has 0 radical (unpaired) electrons. The van der Waals surface area contributed by atoms with E-state index in [1.807, 2.05) is 12.3 Å². The highest BCUT2D eigenvalue weighted by atomic mass is 16.2. The van der Waals surface area contributed by atoms with Crippen molar-refractivity contribution in [2.24, 2.45) is 28.6 Å². The highest BCUT2D eigenvalue weighted by molar-refractivity contribution is 5.81. The molecule has 0 unspecified atom stereocenters. The van der Waals surface area contributed by atoms with Gasteiger partial charge >= 0.3 is 0 Å². The number of piperidine rings is 1. The van der Waals surface area contributed by atoms with Gasteiger partial charge in [0.25, 0.3) is 0 Å². The maximum absolute atomic E-state index is 12.7. The van der Waals surface area contributed by atoms with E-state index in [4.69, 9.17) is 4.98 Å². The Kier molecular flexibility index (Phi) is 3.74. The number of carbonyl (C=O) groups excluding carboxylic acids is 1. The smallest absolute Gasteiger partial charge is 0.227 e. The number of nitrogens with zero attached hydrogens (tertiary/aromatic N) is 2. The molecule has 0 aromatic carbocycles. The van der Waals surface area contributed by atoms with Crippen LogP contribution in [0.2, 0.25) is 0 Å². The minimum atomic E-state index is 0.189. The zero-order chi connectivity index (χ0) is 19.8. The van der Waals surface area contributed by atoms with Crippen molar-refractivity contribution in [1.29, 1.82) is 0 Å². The second kappa shape index (κ2) is 6.06. The molecule has 2 saturated carbocycles. The Balaban J connectivity index is 1.35. The van der Waals surface area contributed by atoms with Crippen molar-refractivity contribution >= 4 is 11.5 Å². The molecule has 152 valence electrons. The Labute approximate surface area is 174 Å². The van der Waals surface area contributed by atoms with Crippen molar-refractivity contribution in [3.63, 3.8) is 0 Å². The molecule has 1 aromatic rings. The van der Waals surface area contributed by atoms with Crippen LogP contribution in [0.3, 0.4) is 0 Å². The lowest BCUT2D eigenvalue weighted by Crippen LogP contribution is -2.54. The Hall–Kier alpha value is -1.90. The summed E-state index contributed by atoms with van der Waals surface area (Å²) in [4.78, 5) is 19.7. The monoisotopic (exact) mass is 388 g/mol. The predicted molar refractivity (Wildman–Crippen MR) is 115 cm³/mol. The molecular weight excluding hydrogens is 356 g/mol. The second-order valence-electron chi connectivity index (χ2n) is 10.6. The summed E-state index contributed by atoms with van der Waals surface area (Å²) in [7, 11) is 0. The number of allylic oxidation sites excluding steroid dienone is 4. The molecule has 2 heterocycles. The molecule has 1 saturated heterocycles. The van der Waals surface area contributed by atoms with Crippen molar-refractivity contribution in [1.82, 2.24) is 9.88 Å². The average Bonchev–Trinajstić information content (AvgIpc) is 3.49. The summed E-state index contributed by atoms with van der Waals surface area (Å²) in [5.41, 5.74) is 4.50. The van der Waals surface area contributed by atoms with Crippen molar-refractivity contribution in [2.75, 3.05) is 0 Å². The molecule has 0 N–H and O–H groups in total. The van der Waals surface area contributed by atoms with E-state index < -0.39 is 0 Å². The summed E-state index contributed by atoms with van der Waals surface area (Å²) in [6.45, 7) is 4.99. The van der Waals surface area contributed by atoms with Crippen LogP contribution in [0.5, 0.6) is 0 Å². The maximum Gasteiger partial charge on any atom is 0.227 e. The zero-order valence-corrected chi connectivity index (χ0v) is 17.7. The summed E-state index contributed by atoms with van der Waals surface area (Å²) in [5.74, 6) is 2.54. The number of rotatable bonds is 2. The fourth-order valence-electron chi connectivity index (χ4n) is 7.61. The van der Waals surface area contributed by atoms with Gasteiger partial charge in [0.2, 0.25) is 5.91 Å². The maximum atomic E-state index is 12.7. The lowest BCUT2D eigenvalue weighted by Gasteiger charge is -2.58. The minimum Gasteiger partial charge on any atom is -0.313 e. The SMILES string of the molecule is C[C@]12CCC(=O)N(C3CC3)C1=CC[C@@H]1[C@@H]2CC[C@]2(C)C(c3ccccn3)=CC[C@@H]12. The Morgan fingerprint density at radius 1 is 1.00 bits per heavy atom. The van der Waals surface area contributed by atoms with Crippen LogP contribution in [0.25, 0.3) is 5.57 Å². The van der Waals surface area contributed by atoms with E-state index >= 15 is 0 Å². The second-order valence-corrected chi connectivity index (χ2v) is 10.6. The normalized spacial score (nSPS) is 41.2. The molecular formula is C26H32N2O. The van der Waals surface area contributed by atoms with Crippen LogP contribution in [0.1, 0.15) is 70.9 Å². The van der Waals surface area contributed by atoms with E-state index in [0.29, 0.717) is 23.8 Å². The highest BCUT2D eigenvalue weighted by Crippen LogP contribution is 2.66. The first-order valence-corrected chi connectivity index (χ1v) is 11.7. The summed E-state index contributed by atoms with van der Waals surface area (Å²) in [5, 5.41) is 0. The molecule has 1 aliphatic heterocycles. The van der Waals surface area contributed by atoms with Crippen molar-refractivity contribution in [3.8, 4) is 0 Å². The van der Waals surface area contributed by atoms with Crippen LogP contribution in [-0.4, -0.2) is 21.8 Å². The number of pyridine rings is 1. The Bertz CT molecular complexity index is 914. The van der Waals surface area contributed by atoms with Crippen molar-refractivity contribution in [2.45, 2.75) is 71.3 Å². The van der Waals surface area contributed by atoms with Crippen LogP contribution in [-0.2, 0) is 4.79 Å². The fourth-order valence-corrected chi connectivity index (χ4v) is 7.61. The molecule has 3 fully saturated rings. The van der Waals surface area contributed by atoms with Gasteiger partial charge in [0.15, 0.2) is 0 Å². The van der Waals surface area contributed by atoms with Gasteiger partial charge in [-0.1, -0.05) is 32.1 Å². The van der Waals surface area contributed by atoms with Crippen molar-refractivity contribution < 1.29 is 4.79 Å². The first-order valence-electron chi connectivity index (χ1n) is 11.7. The summed E-state index contributed by atoms with van der Waals surface area (Å²) >= 11 is 0. The molecule has 1 aromatic heterocycles. The number of likely N-dealkylation sites (tertiary alicyclic amines) is 1. The molecule has 29 heavy (non-hydrogen) atoms. The van der Waals surface area contributed by atoms with Gasteiger partial charge in [-0.25, -0.2) is 0 Å². The molecule has 0 spiro atoms. The summed E-state index contributed by atoms with van der Waals surface area (Å²) in [6, 6.07) is 6.82. The number of aromatic nitrogens is 1. The van der Waals surface area contributed by atoms with Crippen LogP contribution in [0.15, 0.2) is 42.2 Å². The zero-order valence-electron chi connectivity index (χ0n) is 17.7. The minimum absolute atomic E-state index is 0.189. The number of hydrogen-bond donors (Lipinski definition) is 0. The Morgan fingerprint density at radius 2 is 1.86 bits per heavy atom. The van der Waals surface area contributed by atoms with E-state index in [2.05, 4.69) is 43.0 Å². The van der Waals surface area contributed by atoms with Gasteiger partial charge in [-0.15, -0.1) is 0 Å². The predicted octanol–water partition coefficient (Wildman–Crippen LogP) is 5.60. The third kappa shape index (κ3) is 2.42. The third-order valence-electron chi connectivity index (χ3n) is 9.24. The first kappa shape index (κ1) is 17.9. The number of carbonyl (C=O) groups is 1. The van der Waals surface area contributed by atoms with E-state index in [1.165, 1.54) is 49.1 Å². The third-order valence-corrected chi connectivity index (χ3v) is 9.24. The number of fused-ring (bicyclic) bond motifs is 5. The quantitative estimate of drug-likeness (QED) is 0.661. The summed E-state index contributed by atoms with van der Waals surface area (Å²) < 4.78 is 0. The largest absolute Gasteiger partial charge is 0.313 e. The Morgan fingerprint density at radius 3 is 2.62 bits per heavy atom. The van der Waals surface area contributed by atoms with Gasteiger partial charge in [0, 0.05) is 29.8 Å². The van der Waals surface area contributed by atoms with Crippen LogP contribution in [0, 0.1) is 28.6 Å². The van der Waals surface area contributed by atoms with E-state index in [9.17, 15) is 4.79 Å². The van der Waals surface area contributed by atoms with Gasteiger partial charge in [0.1, 0.15) is 0 Å². The number of hydrogen-bond acceptors (Lipinski definition) is 2. The van der Waals surface area contributed by atoms with Gasteiger partial charge < -0.3 is 4.90 Å². The molecule has 6 rings (SSSR count). The molecule has 4 aliphatic carbocycles. The van der Waals surface area contributed by atoms with E-state index in [1.54, 1.807) is 0 Å². The average molecular weight is 389 g/mol. The first-order chi connectivity index (χ1) is 14.0. The molecule has 0 bridgehead atoms. The number of amides is 1.